The number of nitrogens with one attached hydrogen (secondary N) is 2. The molecule has 3 heterocycles. The Labute approximate surface area is 111 Å². The van der Waals surface area contributed by atoms with E-state index in [2.05, 4.69) is 32.4 Å². The van der Waals surface area contributed by atoms with Gasteiger partial charge in [-0.3, -0.25) is 9.89 Å². The fourth-order valence-electron chi connectivity index (χ4n) is 3.36. The molecule has 3 rings (SSSR count). The van der Waals surface area contributed by atoms with Crippen molar-refractivity contribution in [1.29, 1.82) is 0 Å². The average Bonchev–Trinajstić information content (AvgIpc) is 2.77. The Hall–Kier alpha value is -1.63. The molecule has 2 atom stereocenters. The van der Waals surface area contributed by atoms with Gasteiger partial charge < -0.3 is 16.0 Å². The van der Waals surface area contributed by atoms with Crippen LogP contribution in [0.25, 0.3) is 0 Å². The predicted molar refractivity (Wildman–Crippen MR) is 70.5 cm³/mol. The van der Waals surface area contributed by atoms with Gasteiger partial charge >= 0.3 is 0 Å². The van der Waals surface area contributed by atoms with Gasteiger partial charge in [0.25, 0.3) is 5.91 Å². The van der Waals surface area contributed by atoms with Gasteiger partial charge in [-0.05, 0) is 32.7 Å². The Morgan fingerprint density at radius 3 is 2.68 bits per heavy atom. The van der Waals surface area contributed by atoms with E-state index in [9.17, 15) is 4.79 Å². The first-order valence-electron chi connectivity index (χ1n) is 6.84. The van der Waals surface area contributed by atoms with Crippen molar-refractivity contribution in [3.05, 3.63) is 5.82 Å². The number of rotatable bonds is 2. The molecule has 0 radical (unpaired) electrons. The number of aromatic amines is 1. The Balaban J connectivity index is 1.63. The number of carbonyl (C=O) groups is 1. The molecule has 104 valence electrons. The number of nitrogens with two attached hydrogens (primary N) is 1. The summed E-state index contributed by atoms with van der Waals surface area (Å²) >= 11 is 0. The number of hydrogen-bond acceptors (Lipinski definition) is 5. The van der Waals surface area contributed by atoms with Gasteiger partial charge in [-0.2, -0.15) is 4.98 Å². The highest BCUT2D eigenvalue weighted by molar-refractivity contribution is 5.90. The molecule has 2 aliphatic heterocycles. The van der Waals surface area contributed by atoms with Gasteiger partial charge in [-0.25, -0.2) is 0 Å². The first-order valence-corrected chi connectivity index (χ1v) is 6.84. The average molecular weight is 264 g/mol. The third-order valence-electron chi connectivity index (χ3n) is 4.39. The summed E-state index contributed by atoms with van der Waals surface area (Å²) < 4.78 is 0. The molecule has 1 aromatic rings. The summed E-state index contributed by atoms with van der Waals surface area (Å²) in [6.45, 7) is 0. The Morgan fingerprint density at radius 1 is 1.42 bits per heavy atom. The van der Waals surface area contributed by atoms with Crippen molar-refractivity contribution >= 4 is 11.9 Å². The number of fused-ring (bicyclic) bond motifs is 2. The number of hydrogen-bond donors (Lipinski definition) is 3. The fourth-order valence-corrected chi connectivity index (χ4v) is 3.36. The number of amides is 1. The molecule has 7 nitrogen and oxygen atoms in total. The van der Waals surface area contributed by atoms with Gasteiger partial charge in [0.15, 0.2) is 0 Å². The summed E-state index contributed by atoms with van der Waals surface area (Å²) in [6, 6.07) is 1.42. The van der Waals surface area contributed by atoms with E-state index < -0.39 is 0 Å². The highest BCUT2D eigenvalue weighted by Crippen LogP contribution is 2.32. The van der Waals surface area contributed by atoms with E-state index in [0.29, 0.717) is 12.1 Å². The van der Waals surface area contributed by atoms with Gasteiger partial charge in [0.05, 0.1) is 0 Å². The Bertz CT molecular complexity index is 459. The Kier molecular flexibility index (Phi) is 3.14. The molecule has 2 saturated heterocycles. The zero-order chi connectivity index (χ0) is 13.4. The van der Waals surface area contributed by atoms with Gasteiger partial charge in [-0.15, -0.1) is 5.10 Å². The van der Waals surface area contributed by atoms with E-state index in [0.717, 1.165) is 12.8 Å². The summed E-state index contributed by atoms with van der Waals surface area (Å²) in [7, 11) is 2.20. The summed E-state index contributed by atoms with van der Waals surface area (Å²) in [5, 5.41) is 9.26. The summed E-state index contributed by atoms with van der Waals surface area (Å²) in [6.07, 6.45) is 5.80. The minimum Gasteiger partial charge on any atom is -0.366 e. The molecule has 2 bridgehead atoms. The number of aromatic nitrogens is 3. The minimum atomic E-state index is -0.211. The minimum absolute atomic E-state index is 0.102. The molecule has 0 aliphatic carbocycles. The van der Waals surface area contributed by atoms with Gasteiger partial charge in [-0.1, -0.05) is 6.42 Å². The lowest BCUT2D eigenvalue weighted by molar-refractivity contribution is 0.0461. The van der Waals surface area contributed by atoms with Crippen molar-refractivity contribution in [2.24, 2.45) is 0 Å². The maximum atomic E-state index is 12.0. The number of nitrogen functional groups attached to an aromatic ring is 1. The van der Waals surface area contributed by atoms with Crippen molar-refractivity contribution in [2.45, 2.75) is 50.2 Å². The summed E-state index contributed by atoms with van der Waals surface area (Å²) in [4.78, 5) is 18.3. The van der Waals surface area contributed by atoms with Crippen LogP contribution in [-0.2, 0) is 0 Å². The number of H-pyrrole nitrogens is 1. The van der Waals surface area contributed by atoms with E-state index in [1.165, 1.54) is 19.3 Å². The first-order chi connectivity index (χ1) is 9.13. The normalized spacial score (nSPS) is 31.1. The zero-order valence-electron chi connectivity index (χ0n) is 11.1. The molecule has 1 aromatic heterocycles. The molecule has 2 aliphatic rings. The molecule has 19 heavy (non-hydrogen) atoms. The van der Waals surface area contributed by atoms with Crippen LogP contribution in [-0.4, -0.2) is 51.2 Å². The van der Waals surface area contributed by atoms with Gasteiger partial charge in [0, 0.05) is 18.1 Å². The first kappa shape index (κ1) is 12.4. The summed E-state index contributed by atoms with van der Waals surface area (Å²) in [5.74, 6) is 0.0869. The quantitative estimate of drug-likeness (QED) is 0.705. The SMILES string of the molecule is CN1C2CCCC1CC(NC(=O)c1nc(N)n[nH]1)C2. The van der Waals surface area contributed by atoms with Crippen LogP contribution in [0.4, 0.5) is 5.95 Å². The van der Waals surface area contributed by atoms with Crippen LogP contribution >= 0.6 is 0 Å². The van der Waals surface area contributed by atoms with E-state index in [1.807, 2.05) is 0 Å². The van der Waals surface area contributed by atoms with E-state index in [-0.39, 0.29) is 23.7 Å². The zero-order valence-corrected chi connectivity index (χ0v) is 11.1. The van der Waals surface area contributed by atoms with E-state index in [4.69, 9.17) is 5.73 Å². The van der Waals surface area contributed by atoms with Crippen LogP contribution in [0, 0.1) is 0 Å². The van der Waals surface area contributed by atoms with Crippen LogP contribution < -0.4 is 11.1 Å². The third-order valence-corrected chi connectivity index (χ3v) is 4.39. The lowest BCUT2D eigenvalue weighted by Crippen LogP contribution is -2.55. The second kappa shape index (κ2) is 4.80. The molecule has 0 aromatic carbocycles. The molecule has 0 spiro atoms. The van der Waals surface area contributed by atoms with Crippen molar-refractivity contribution in [2.75, 3.05) is 12.8 Å². The molecule has 2 fully saturated rings. The number of carbonyl (C=O) groups excluding carboxylic acids is 1. The third kappa shape index (κ3) is 2.42. The molecule has 1 amide bonds. The largest absolute Gasteiger partial charge is 0.366 e. The topological polar surface area (TPSA) is 99.9 Å². The second-order valence-corrected chi connectivity index (χ2v) is 5.59. The molecule has 0 saturated carbocycles. The van der Waals surface area contributed by atoms with Crippen LogP contribution in [0.3, 0.4) is 0 Å². The second-order valence-electron chi connectivity index (χ2n) is 5.59. The van der Waals surface area contributed by atoms with E-state index in [1.54, 1.807) is 0 Å². The highest BCUT2D eigenvalue weighted by atomic mass is 16.2. The van der Waals surface area contributed by atoms with Crippen molar-refractivity contribution in [3.8, 4) is 0 Å². The lowest BCUT2D eigenvalue weighted by Gasteiger charge is -2.47. The standard InChI is InChI=1S/C12H20N6O/c1-18-8-3-2-4-9(18)6-7(5-8)14-11(19)10-15-12(13)17-16-10/h7-9H,2-6H2,1H3,(H,14,19)(H3,13,15,16,17). The summed E-state index contributed by atoms with van der Waals surface area (Å²) in [5.41, 5.74) is 5.40. The highest BCUT2D eigenvalue weighted by Gasteiger charge is 2.36. The van der Waals surface area contributed by atoms with Gasteiger partial charge in [0.1, 0.15) is 0 Å². The molecule has 4 N–H and O–H groups in total. The smallest absolute Gasteiger partial charge is 0.288 e. The van der Waals surface area contributed by atoms with Crippen molar-refractivity contribution in [3.63, 3.8) is 0 Å². The number of piperidine rings is 2. The monoisotopic (exact) mass is 264 g/mol. The number of anilines is 1. The molecule has 7 heteroatoms. The maximum Gasteiger partial charge on any atom is 0.288 e. The van der Waals surface area contributed by atoms with Crippen molar-refractivity contribution < 1.29 is 4.79 Å². The van der Waals surface area contributed by atoms with Crippen LogP contribution in [0.2, 0.25) is 0 Å². The van der Waals surface area contributed by atoms with Crippen LogP contribution in [0.5, 0.6) is 0 Å². The number of nitrogens with zero attached hydrogens (tertiary/aromatic N) is 3. The van der Waals surface area contributed by atoms with Crippen LogP contribution in [0.1, 0.15) is 42.7 Å². The van der Waals surface area contributed by atoms with Crippen molar-refractivity contribution in [1.82, 2.24) is 25.4 Å². The maximum absolute atomic E-state index is 12.0. The molecular formula is C12H20N6O. The van der Waals surface area contributed by atoms with E-state index >= 15 is 0 Å². The van der Waals surface area contributed by atoms with Crippen LogP contribution in [0.15, 0.2) is 0 Å². The fraction of sp³-hybridized carbons (Fsp3) is 0.750. The Morgan fingerprint density at radius 2 is 2.11 bits per heavy atom. The lowest BCUT2D eigenvalue weighted by atomic mass is 9.82. The molecular weight excluding hydrogens is 244 g/mol. The van der Waals surface area contributed by atoms with Gasteiger partial charge in [0.2, 0.25) is 11.8 Å². The predicted octanol–water partition coefficient (Wildman–Crippen LogP) is 0.132. The molecule has 2 unspecified atom stereocenters.